The van der Waals surface area contributed by atoms with E-state index in [0.717, 1.165) is 54.1 Å². The second-order valence-corrected chi connectivity index (χ2v) is 7.52. The highest BCUT2D eigenvalue weighted by Gasteiger charge is 2.24. The minimum atomic E-state index is -0.0841. The Hall–Kier alpha value is -3.41. The quantitative estimate of drug-likeness (QED) is 0.578. The van der Waals surface area contributed by atoms with E-state index in [-0.39, 0.29) is 5.56 Å². The van der Waals surface area contributed by atoms with Crippen LogP contribution < -0.4 is 10.5 Å². The molecule has 1 N–H and O–H groups in total. The molecule has 0 spiro atoms. The molecule has 3 aromatic heterocycles. The summed E-state index contributed by atoms with van der Waals surface area (Å²) >= 11 is 0. The summed E-state index contributed by atoms with van der Waals surface area (Å²) in [6, 6.07) is 13.9. The van der Waals surface area contributed by atoms with Crippen LogP contribution in [0.15, 0.2) is 59.7 Å². The third kappa shape index (κ3) is 3.01. The van der Waals surface area contributed by atoms with Gasteiger partial charge in [0.25, 0.3) is 5.56 Å². The summed E-state index contributed by atoms with van der Waals surface area (Å²) in [7, 11) is 0. The molecule has 1 saturated heterocycles. The lowest BCUT2D eigenvalue weighted by atomic mass is 10.1. The highest BCUT2D eigenvalue weighted by Crippen LogP contribution is 2.35. The SMILES string of the molecule is Cc1nc2c(N3CCCCC3)c(-c3ccccc3)[nH]n2c(=O)c1-c1ccncc1. The van der Waals surface area contributed by atoms with Gasteiger partial charge in [-0.05, 0) is 43.9 Å². The Kier molecular flexibility index (Phi) is 4.39. The monoisotopic (exact) mass is 385 g/mol. The number of H-pyrrole nitrogens is 1. The number of piperidine rings is 1. The number of rotatable bonds is 3. The molecule has 1 aliphatic heterocycles. The molecule has 1 aromatic carbocycles. The van der Waals surface area contributed by atoms with E-state index in [2.05, 4.69) is 27.1 Å². The fourth-order valence-corrected chi connectivity index (χ4v) is 4.24. The number of fused-ring (bicyclic) bond motifs is 1. The molecule has 0 atom stereocenters. The Morgan fingerprint density at radius 3 is 2.38 bits per heavy atom. The molecule has 29 heavy (non-hydrogen) atoms. The lowest BCUT2D eigenvalue weighted by molar-refractivity contribution is 0.579. The Bertz CT molecular complexity index is 1200. The first-order valence-corrected chi connectivity index (χ1v) is 10.1. The Morgan fingerprint density at radius 1 is 0.931 bits per heavy atom. The summed E-state index contributed by atoms with van der Waals surface area (Å²) in [6.45, 7) is 3.87. The van der Waals surface area contributed by atoms with Gasteiger partial charge in [-0.3, -0.25) is 14.9 Å². The average molecular weight is 385 g/mol. The van der Waals surface area contributed by atoms with Gasteiger partial charge < -0.3 is 4.90 Å². The van der Waals surface area contributed by atoms with Crippen LogP contribution in [0.1, 0.15) is 25.0 Å². The first-order chi connectivity index (χ1) is 14.2. The highest BCUT2D eigenvalue weighted by molar-refractivity contribution is 5.86. The van der Waals surface area contributed by atoms with Crippen LogP contribution >= 0.6 is 0 Å². The number of hydrogen-bond acceptors (Lipinski definition) is 4. The van der Waals surface area contributed by atoms with Crippen molar-refractivity contribution in [2.75, 3.05) is 18.0 Å². The van der Waals surface area contributed by atoms with Gasteiger partial charge in [0.1, 0.15) is 5.69 Å². The molecule has 0 bridgehead atoms. The summed E-state index contributed by atoms with van der Waals surface area (Å²) in [6.07, 6.45) is 6.96. The van der Waals surface area contributed by atoms with Crippen molar-refractivity contribution >= 4 is 11.3 Å². The van der Waals surface area contributed by atoms with E-state index < -0.39 is 0 Å². The molecule has 0 unspecified atom stereocenters. The Balaban J connectivity index is 1.80. The van der Waals surface area contributed by atoms with Crippen LogP contribution in [0.25, 0.3) is 28.0 Å². The van der Waals surface area contributed by atoms with Crippen LogP contribution in [0.3, 0.4) is 0 Å². The molecule has 4 aromatic rings. The van der Waals surface area contributed by atoms with Crippen LogP contribution in [-0.2, 0) is 0 Å². The van der Waals surface area contributed by atoms with E-state index in [1.54, 1.807) is 16.9 Å². The average Bonchev–Trinajstić information content (AvgIpc) is 3.15. The maximum Gasteiger partial charge on any atom is 0.280 e. The van der Waals surface area contributed by atoms with E-state index in [1.807, 2.05) is 37.3 Å². The predicted octanol–water partition coefficient (Wildman–Crippen LogP) is 4.05. The maximum absolute atomic E-state index is 13.5. The first-order valence-electron chi connectivity index (χ1n) is 10.1. The van der Waals surface area contributed by atoms with Gasteiger partial charge in [0.05, 0.1) is 17.0 Å². The van der Waals surface area contributed by atoms with Gasteiger partial charge in [0, 0.05) is 31.0 Å². The smallest absolute Gasteiger partial charge is 0.280 e. The van der Waals surface area contributed by atoms with Gasteiger partial charge in [-0.2, -0.15) is 4.52 Å². The molecule has 146 valence electrons. The summed E-state index contributed by atoms with van der Waals surface area (Å²) < 4.78 is 1.61. The summed E-state index contributed by atoms with van der Waals surface area (Å²) in [5, 5.41) is 3.37. The third-order valence-corrected chi connectivity index (χ3v) is 5.64. The minimum absolute atomic E-state index is 0.0841. The van der Waals surface area contributed by atoms with E-state index in [4.69, 9.17) is 4.98 Å². The maximum atomic E-state index is 13.5. The van der Waals surface area contributed by atoms with Crippen molar-refractivity contribution in [1.82, 2.24) is 19.6 Å². The largest absolute Gasteiger partial charge is 0.367 e. The zero-order valence-electron chi connectivity index (χ0n) is 16.4. The number of hydrogen-bond donors (Lipinski definition) is 1. The number of pyridine rings is 1. The van der Waals surface area contributed by atoms with Crippen LogP contribution in [0.5, 0.6) is 0 Å². The number of aromatic nitrogens is 4. The molecule has 6 nitrogen and oxygen atoms in total. The van der Waals surface area contributed by atoms with Crippen LogP contribution in [-0.4, -0.2) is 32.7 Å². The van der Waals surface area contributed by atoms with Crippen LogP contribution in [0, 0.1) is 6.92 Å². The van der Waals surface area contributed by atoms with Crippen molar-refractivity contribution in [3.8, 4) is 22.4 Å². The molecule has 0 amide bonds. The molecule has 0 radical (unpaired) electrons. The fraction of sp³-hybridized carbons (Fsp3) is 0.261. The standard InChI is InChI=1S/C23H23N5O/c1-16-19(17-10-12-24-13-11-17)23(29)28-22(25-16)21(27-14-6-3-7-15-27)20(26-28)18-8-4-2-5-9-18/h2,4-5,8-13,26H,3,6-7,14-15H2,1H3. The van der Waals surface area contributed by atoms with Crippen LogP contribution in [0.4, 0.5) is 5.69 Å². The summed E-state index contributed by atoms with van der Waals surface area (Å²) in [5.74, 6) is 0. The van der Waals surface area contributed by atoms with E-state index in [0.29, 0.717) is 11.2 Å². The first kappa shape index (κ1) is 17.7. The number of nitrogens with one attached hydrogen (secondary N) is 1. The molecule has 1 aliphatic rings. The molecular weight excluding hydrogens is 362 g/mol. The van der Waals surface area contributed by atoms with Crippen molar-refractivity contribution in [2.24, 2.45) is 0 Å². The number of aromatic amines is 1. The van der Waals surface area contributed by atoms with Crippen molar-refractivity contribution in [3.63, 3.8) is 0 Å². The van der Waals surface area contributed by atoms with E-state index >= 15 is 0 Å². The number of aryl methyl sites for hydroxylation is 1. The second-order valence-electron chi connectivity index (χ2n) is 7.52. The van der Waals surface area contributed by atoms with E-state index in [1.165, 1.54) is 6.42 Å². The molecule has 5 rings (SSSR count). The van der Waals surface area contributed by atoms with Gasteiger partial charge in [0.15, 0.2) is 5.65 Å². The van der Waals surface area contributed by atoms with Crippen molar-refractivity contribution in [2.45, 2.75) is 26.2 Å². The molecule has 1 fully saturated rings. The van der Waals surface area contributed by atoms with Gasteiger partial charge in [-0.15, -0.1) is 0 Å². The lowest BCUT2D eigenvalue weighted by Crippen LogP contribution is -2.30. The fourth-order valence-electron chi connectivity index (χ4n) is 4.24. The van der Waals surface area contributed by atoms with Gasteiger partial charge in [-0.1, -0.05) is 30.3 Å². The molecule has 6 heteroatoms. The number of anilines is 1. The molecule has 4 heterocycles. The summed E-state index contributed by atoms with van der Waals surface area (Å²) in [4.78, 5) is 24.8. The summed E-state index contributed by atoms with van der Waals surface area (Å²) in [5.41, 5.74) is 5.82. The zero-order chi connectivity index (χ0) is 19.8. The Labute approximate surface area is 168 Å². The topological polar surface area (TPSA) is 66.3 Å². The van der Waals surface area contributed by atoms with Crippen molar-refractivity contribution in [3.05, 3.63) is 70.9 Å². The normalized spacial score (nSPS) is 14.4. The van der Waals surface area contributed by atoms with Crippen molar-refractivity contribution in [1.29, 1.82) is 0 Å². The number of nitrogens with zero attached hydrogens (tertiary/aromatic N) is 4. The lowest BCUT2D eigenvalue weighted by Gasteiger charge is -2.28. The second kappa shape index (κ2) is 7.20. The van der Waals surface area contributed by atoms with Crippen molar-refractivity contribution < 1.29 is 0 Å². The Morgan fingerprint density at radius 2 is 1.66 bits per heavy atom. The van der Waals surface area contributed by atoms with Gasteiger partial charge >= 0.3 is 0 Å². The highest BCUT2D eigenvalue weighted by atomic mass is 16.1. The van der Waals surface area contributed by atoms with E-state index in [9.17, 15) is 4.79 Å². The molecule has 0 saturated carbocycles. The predicted molar refractivity (Wildman–Crippen MR) is 115 cm³/mol. The number of benzene rings is 1. The molecule has 0 aliphatic carbocycles. The minimum Gasteiger partial charge on any atom is -0.367 e. The van der Waals surface area contributed by atoms with Gasteiger partial charge in [0.2, 0.25) is 0 Å². The van der Waals surface area contributed by atoms with Gasteiger partial charge in [-0.25, -0.2) is 4.98 Å². The third-order valence-electron chi connectivity index (χ3n) is 5.64. The van der Waals surface area contributed by atoms with Crippen LogP contribution in [0.2, 0.25) is 0 Å². The molecular formula is C23H23N5O. The zero-order valence-corrected chi connectivity index (χ0v) is 16.4.